The number of alkyl halides is 3. The van der Waals surface area contributed by atoms with Crippen LogP contribution in [-0.4, -0.2) is 39.7 Å². The number of hydrogen-bond acceptors (Lipinski definition) is 4. The first-order valence-electron chi connectivity index (χ1n) is 8.23. The molecule has 1 unspecified atom stereocenters. The van der Waals surface area contributed by atoms with Crippen molar-refractivity contribution in [1.82, 2.24) is 4.90 Å². The Hall–Kier alpha value is -2.49. The van der Waals surface area contributed by atoms with Crippen molar-refractivity contribution in [3.8, 4) is 0 Å². The monoisotopic (exact) mass is 478 g/mol. The number of carbonyl (C=O) groups is 2. The summed E-state index contributed by atoms with van der Waals surface area (Å²) in [5.74, 6) is -4.47. The number of imide groups is 1. The normalized spacial score (nSPS) is 17.1. The molecular weight excluding hydrogens is 468 g/mol. The molecule has 12 heteroatoms. The van der Waals surface area contributed by atoms with Gasteiger partial charge in [0.05, 0.1) is 5.69 Å². The van der Waals surface area contributed by atoms with Gasteiger partial charge in [-0.1, -0.05) is 46.9 Å². The maximum atomic E-state index is 14.3. The molecule has 3 amide bonds. The fourth-order valence-corrected chi connectivity index (χ4v) is 2.90. The lowest BCUT2D eigenvalue weighted by atomic mass is 10.2. The molecule has 2 aromatic carbocycles. The number of anilines is 2. The summed E-state index contributed by atoms with van der Waals surface area (Å²) in [5, 5.41) is 2.56. The zero-order chi connectivity index (χ0) is 22.2. The fraction of sp³-hybridized carbons (Fsp3) is 0.167. The van der Waals surface area contributed by atoms with Gasteiger partial charge < -0.3 is 5.32 Å². The second kappa shape index (κ2) is 8.33. The van der Waals surface area contributed by atoms with Crippen molar-refractivity contribution < 1.29 is 22.8 Å². The van der Waals surface area contributed by atoms with E-state index in [2.05, 4.69) is 10.3 Å². The van der Waals surface area contributed by atoms with Crippen LogP contribution in [0.3, 0.4) is 0 Å². The second-order valence-electron chi connectivity index (χ2n) is 6.10. The van der Waals surface area contributed by atoms with Crippen molar-refractivity contribution in [2.75, 3.05) is 17.3 Å². The van der Waals surface area contributed by atoms with Crippen LogP contribution in [0, 0.1) is 17.5 Å². The van der Waals surface area contributed by atoms with Crippen LogP contribution in [0.4, 0.5) is 29.3 Å². The van der Waals surface area contributed by atoms with Crippen LogP contribution in [0.25, 0.3) is 0 Å². The summed E-state index contributed by atoms with van der Waals surface area (Å²) in [4.78, 5) is 30.5. The first-order chi connectivity index (χ1) is 14.0. The van der Waals surface area contributed by atoms with E-state index in [0.29, 0.717) is 4.90 Å². The number of rotatable bonds is 4. The number of amidine groups is 1. The Morgan fingerprint density at radius 3 is 2.27 bits per heavy atom. The average molecular weight is 480 g/mol. The molecule has 1 saturated heterocycles. The van der Waals surface area contributed by atoms with E-state index in [1.54, 1.807) is 0 Å². The SMILES string of the molecule is CN1C(=O)C(=NC(Nc2ccc(F)c(F)c2)C(Cl)(Cl)Cl)N(c2ccccc2F)C1=O. The summed E-state index contributed by atoms with van der Waals surface area (Å²) in [6.45, 7) is 0. The second-order valence-corrected chi connectivity index (χ2v) is 8.47. The van der Waals surface area contributed by atoms with E-state index in [1.165, 1.54) is 25.2 Å². The number of nitrogens with zero attached hydrogens (tertiary/aromatic N) is 3. The third-order valence-corrected chi connectivity index (χ3v) is 4.68. The van der Waals surface area contributed by atoms with Gasteiger partial charge in [-0.15, -0.1) is 0 Å². The smallest absolute Gasteiger partial charge is 0.337 e. The third-order valence-electron chi connectivity index (χ3n) is 4.06. The number of nitrogens with one attached hydrogen (secondary N) is 1. The van der Waals surface area contributed by atoms with Crippen LogP contribution in [0.2, 0.25) is 0 Å². The molecule has 6 nitrogen and oxygen atoms in total. The molecule has 0 spiro atoms. The zero-order valence-electron chi connectivity index (χ0n) is 15.0. The van der Waals surface area contributed by atoms with Crippen molar-refractivity contribution in [2.45, 2.75) is 9.96 Å². The largest absolute Gasteiger partial charge is 0.360 e. The summed E-state index contributed by atoms with van der Waals surface area (Å²) in [6, 6.07) is 7.13. The number of para-hydroxylation sites is 1. The lowest BCUT2D eigenvalue weighted by Gasteiger charge is -2.24. The minimum Gasteiger partial charge on any atom is -0.360 e. The van der Waals surface area contributed by atoms with Crippen molar-refractivity contribution in [3.63, 3.8) is 0 Å². The molecule has 1 aliphatic rings. The standard InChI is InChI=1S/C18H12Cl3F3N4O2/c1-27-15(29)14(28(17(27)30)13-5-3-2-4-11(13)23)26-16(18(19,20)21)25-9-6-7-10(22)12(24)8-9/h2-8,16,25H,1H3. The van der Waals surface area contributed by atoms with Gasteiger partial charge in [0, 0.05) is 18.8 Å². The Labute approximate surface area is 183 Å². The van der Waals surface area contributed by atoms with Crippen LogP contribution in [0.1, 0.15) is 0 Å². The molecular formula is C18H12Cl3F3N4O2. The number of amides is 3. The summed E-state index contributed by atoms with van der Waals surface area (Å²) >= 11 is 17.8. The lowest BCUT2D eigenvalue weighted by Crippen LogP contribution is -2.38. The first kappa shape index (κ1) is 22.2. The molecule has 1 heterocycles. The van der Waals surface area contributed by atoms with Gasteiger partial charge in [-0.3, -0.25) is 9.69 Å². The van der Waals surface area contributed by atoms with Crippen LogP contribution in [0.5, 0.6) is 0 Å². The molecule has 1 atom stereocenters. The summed E-state index contributed by atoms with van der Waals surface area (Å²) < 4.78 is 38.8. The lowest BCUT2D eigenvalue weighted by molar-refractivity contribution is -0.119. The highest BCUT2D eigenvalue weighted by Gasteiger charge is 2.44. The minimum absolute atomic E-state index is 0.0165. The van der Waals surface area contributed by atoms with Gasteiger partial charge in [0.15, 0.2) is 17.8 Å². The quantitative estimate of drug-likeness (QED) is 0.510. The molecule has 1 aliphatic heterocycles. The van der Waals surface area contributed by atoms with Gasteiger partial charge in [0.2, 0.25) is 9.63 Å². The van der Waals surface area contributed by atoms with Gasteiger partial charge in [-0.25, -0.2) is 27.9 Å². The van der Waals surface area contributed by atoms with E-state index >= 15 is 0 Å². The predicted octanol–water partition coefficient (Wildman–Crippen LogP) is 4.71. The van der Waals surface area contributed by atoms with Gasteiger partial charge in [-0.2, -0.15) is 0 Å². The van der Waals surface area contributed by atoms with Crippen LogP contribution < -0.4 is 10.2 Å². The van der Waals surface area contributed by atoms with Crippen molar-refractivity contribution in [2.24, 2.45) is 4.99 Å². The molecule has 158 valence electrons. The molecule has 1 N–H and O–H groups in total. The molecule has 1 fully saturated rings. The summed E-state index contributed by atoms with van der Waals surface area (Å²) in [5.41, 5.74) is -0.257. The number of benzene rings is 2. The topological polar surface area (TPSA) is 65.0 Å². The highest BCUT2D eigenvalue weighted by molar-refractivity contribution is 6.68. The van der Waals surface area contributed by atoms with Gasteiger partial charge in [0.1, 0.15) is 5.82 Å². The number of hydrogen-bond donors (Lipinski definition) is 1. The number of halogens is 6. The number of aliphatic imine (C=N–C) groups is 1. The van der Waals surface area contributed by atoms with Crippen molar-refractivity contribution >= 4 is 64.0 Å². The van der Waals surface area contributed by atoms with E-state index < -0.39 is 45.2 Å². The highest BCUT2D eigenvalue weighted by Crippen LogP contribution is 2.35. The van der Waals surface area contributed by atoms with E-state index in [4.69, 9.17) is 34.8 Å². The Morgan fingerprint density at radius 1 is 1.00 bits per heavy atom. The summed E-state index contributed by atoms with van der Waals surface area (Å²) in [7, 11) is 1.17. The van der Waals surface area contributed by atoms with Crippen LogP contribution >= 0.6 is 34.8 Å². The summed E-state index contributed by atoms with van der Waals surface area (Å²) in [6.07, 6.45) is -1.53. The fourth-order valence-electron chi connectivity index (χ4n) is 2.59. The molecule has 3 rings (SSSR count). The number of carbonyl (C=O) groups excluding carboxylic acids is 2. The predicted molar refractivity (Wildman–Crippen MR) is 109 cm³/mol. The van der Waals surface area contributed by atoms with E-state index in [0.717, 1.165) is 29.2 Å². The number of urea groups is 1. The Kier molecular flexibility index (Phi) is 6.16. The van der Waals surface area contributed by atoms with Crippen LogP contribution in [-0.2, 0) is 4.79 Å². The molecule has 0 bridgehead atoms. The Morgan fingerprint density at radius 2 is 1.67 bits per heavy atom. The highest BCUT2D eigenvalue weighted by atomic mass is 35.6. The van der Waals surface area contributed by atoms with Gasteiger partial charge in [0.25, 0.3) is 5.91 Å². The molecule has 0 aliphatic carbocycles. The molecule has 0 aromatic heterocycles. The van der Waals surface area contributed by atoms with Gasteiger partial charge in [-0.05, 0) is 24.3 Å². The van der Waals surface area contributed by atoms with Crippen molar-refractivity contribution in [3.05, 3.63) is 59.9 Å². The number of likely N-dealkylation sites (N-methyl/N-ethyl adjacent to an activating group) is 1. The maximum Gasteiger partial charge on any atom is 0.337 e. The van der Waals surface area contributed by atoms with Crippen molar-refractivity contribution in [1.29, 1.82) is 0 Å². The molecule has 0 saturated carbocycles. The average Bonchev–Trinajstić information content (AvgIpc) is 2.88. The maximum absolute atomic E-state index is 14.3. The third kappa shape index (κ3) is 4.33. The Bertz CT molecular complexity index is 1050. The van der Waals surface area contributed by atoms with Crippen LogP contribution in [0.15, 0.2) is 47.5 Å². The minimum atomic E-state index is -2.19. The molecule has 30 heavy (non-hydrogen) atoms. The molecule has 0 radical (unpaired) electrons. The van der Waals surface area contributed by atoms with Gasteiger partial charge >= 0.3 is 6.03 Å². The molecule has 2 aromatic rings. The van der Waals surface area contributed by atoms with E-state index in [9.17, 15) is 22.8 Å². The zero-order valence-corrected chi connectivity index (χ0v) is 17.3. The first-order valence-corrected chi connectivity index (χ1v) is 9.37. The Balaban J connectivity index is 2.07. The van der Waals surface area contributed by atoms with E-state index in [-0.39, 0.29) is 11.4 Å². The van der Waals surface area contributed by atoms with E-state index in [1.807, 2.05) is 0 Å².